The van der Waals surface area contributed by atoms with Crippen molar-refractivity contribution < 1.29 is 17.9 Å². The highest BCUT2D eigenvalue weighted by Gasteiger charge is 2.56. The van der Waals surface area contributed by atoms with Crippen LogP contribution in [0, 0.1) is 12.8 Å². The van der Waals surface area contributed by atoms with E-state index in [1.165, 1.54) is 4.31 Å². The minimum atomic E-state index is -3.48. The third-order valence-corrected chi connectivity index (χ3v) is 7.24. The maximum absolute atomic E-state index is 12.9. The number of hydrogen-bond donors (Lipinski definition) is 0. The molecule has 0 bridgehead atoms. The Hall–Kier alpha value is -1.96. The molecular weight excluding hydrogens is 352 g/mol. The van der Waals surface area contributed by atoms with Gasteiger partial charge in [0.2, 0.25) is 10.0 Å². The number of aromatic nitrogens is 1. The van der Waals surface area contributed by atoms with Crippen LogP contribution in [0.15, 0.2) is 53.7 Å². The molecule has 1 aromatic carbocycles. The minimum Gasteiger partial charge on any atom is -0.492 e. The summed E-state index contributed by atoms with van der Waals surface area (Å²) in [6, 6.07) is 10.8. The van der Waals surface area contributed by atoms with E-state index in [1.807, 2.05) is 31.2 Å². The normalized spacial score (nSPS) is 22.3. The molecule has 4 rings (SSSR count). The van der Waals surface area contributed by atoms with Crippen LogP contribution in [0.4, 0.5) is 0 Å². The number of sulfonamides is 1. The van der Waals surface area contributed by atoms with Crippen LogP contribution in [0.5, 0.6) is 5.75 Å². The number of hydrogen-bond acceptors (Lipinski definition) is 5. The van der Waals surface area contributed by atoms with Gasteiger partial charge in [-0.3, -0.25) is 4.98 Å². The molecule has 6 nitrogen and oxygen atoms in total. The molecule has 2 aromatic rings. The molecule has 2 aliphatic rings. The van der Waals surface area contributed by atoms with E-state index in [0.29, 0.717) is 31.2 Å². The third-order valence-electron chi connectivity index (χ3n) is 5.28. The maximum Gasteiger partial charge on any atom is 0.243 e. The summed E-state index contributed by atoms with van der Waals surface area (Å²) in [5.74, 6) is 0.893. The molecule has 3 heterocycles. The van der Waals surface area contributed by atoms with Crippen LogP contribution in [-0.4, -0.2) is 49.6 Å². The standard InChI is InChI=1S/C19H22N2O4S/c1-15-5-2-3-7-18(15)26(22,23)21-13-19(14-21)16(8-10-25-19)12-24-17-6-4-9-20-11-17/h2-7,9,11,16H,8,10,12-14H2,1H3/t16-/m1/s1. The van der Waals surface area contributed by atoms with Gasteiger partial charge in [0.05, 0.1) is 17.7 Å². The summed E-state index contributed by atoms with van der Waals surface area (Å²) in [5.41, 5.74) is 0.329. The Bertz CT molecular complexity index is 879. The highest BCUT2D eigenvalue weighted by atomic mass is 32.2. The lowest BCUT2D eigenvalue weighted by molar-refractivity contribution is -0.107. The summed E-state index contributed by atoms with van der Waals surface area (Å²) >= 11 is 0. The quantitative estimate of drug-likeness (QED) is 0.803. The first kappa shape index (κ1) is 17.5. The van der Waals surface area contributed by atoms with Crippen molar-refractivity contribution in [3.05, 3.63) is 54.4 Å². The molecule has 0 radical (unpaired) electrons. The van der Waals surface area contributed by atoms with Crippen LogP contribution in [-0.2, 0) is 14.8 Å². The topological polar surface area (TPSA) is 68.7 Å². The van der Waals surface area contributed by atoms with Gasteiger partial charge >= 0.3 is 0 Å². The molecule has 0 amide bonds. The van der Waals surface area contributed by atoms with E-state index in [2.05, 4.69) is 4.98 Å². The molecule has 2 fully saturated rings. The van der Waals surface area contributed by atoms with Crippen LogP contribution >= 0.6 is 0 Å². The number of pyridine rings is 1. The van der Waals surface area contributed by atoms with Gasteiger partial charge in [0, 0.05) is 31.8 Å². The molecule has 1 aromatic heterocycles. The molecule has 138 valence electrons. The summed E-state index contributed by atoms with van der Waals surface area (Å²) in [7, 11) is -3.48. The van der Waals surface area contributed by atoms with Gasteiger partial charge in [-0.25, -0.2) is 8.42 Å². The van der Waals surface area contributed by atoms with Gasteiger partial charge in [0.1, 0.15) is 11.4 Å². The molecule has 0 N–H and O–H groups in total. The van der Waals surface area contributed by atoms with Crippen LogP contribution in [0.2, 0.25) is 0 Å². The molecule has 0 unspecified atom stereocenters. The average Bonchev–Trinajstić information content (AvgIpc) is 3.04. The Morgan fingerprint density at radius 3 is 2.81 bits per heavy atom. The van der Waals surface area contributed by atoms with E-state index in [9.17, 15) is 8.42 Å². The van der Waals surface area contributed by atoms with Gasteiger partial charge in [-0.1, -0.05) is 18.2 Å². The largest absolute Gasteiger partial charge is 0.492 e. The first-order valence-corrected chi connectivity index (χ1v) is 10.2. The van der Waals surface area contributed by atoms with Crippen molar-refractivity contribution >= 4 is 10.0 Å². The molecule has 2 aliphatic heterocycles. The zero-order valence-electron chi connectivity index (χ0n) is 14.7. The monoisotopic (exact) mass is 374 g/mol. The Kier molecular flexibility index (Phi) is 4.46. The van der Waals surface area contributed by atoms with Gasteiger partial charge in [-0.05, 0) is 37.1 Å². The summed E-state index contributed by atoms with van der Waals surface area (Å²) in [6.07, 6.45) is 4.25. The fourth-order valence-corrected chi connectivity index (χ4v) is 5.49. The zero-order chi connectivity index (χ0) is 18.2. The lowest BCUT2D eigenvalue weighted by Gasteiger charge is -2.49. The Balaban J connectivity index is 1.44. The Labute approximate surface area is 153 Å². The predicted octanol–water partition coefficient (Wildman–Crippen LogP) is 2.25. The number of aryl methyl sites for hydroxylation is 1. The van der Waals surface area contributed by atoms with Gasteiger partial charge in [-0.2, -0.15) is 4.31 Å². The van der Waals surface area contributed by atoms with E-state index < -0.39 is 15.6 Å². The molecule has 0 saturated carbocycles. The van der Waals surface area contributed by atoms with Crippen molar-refractivity contribution in [2.75, 3.05) is 26.3 Å². The van der Waals surface area contributed by atoms with E-state index in [-0.39, 0.29) is 5.92 Å². The Morgan fingerprint density at radius 1 is 1.27 bits per heavy atom. The SMILES string of the molecule is Cc1ccccc1S(=O)(=O)N1CC2(C1)OCC[C@@H]2COc1cccnc1. The van der Waals surface area contributed by atoms with Crippen LogP contribution in [0.3, 0.4) is 0 Å². The van der Waals surface area contributed by atoms with E-state index in [0.717, 1.165) is 17.7 Å². The molecule has 1 spiro atoms. The Morgan fingerprint density at radius 2 is 2.08 bits per heavy atom. The summed E-state index contributed by atoms with van der Waals surface area (Å²) in [5, 5.41) is 0. The van der Waals surface area contributed by atoms with E-state index >= 15 is 0 Å². The van der Waals surface area contributed by atoms with Crippen molar-refractivity contribution in [2.24, 2.45) is 5.92 Å². The third kappa shape index (κ3) is 3.00. The lowest BCUT2D eigenvalue weighted by Crippen LogP contribution is -2.66. The number of rotatable bonds is 5. The van der Waals surface area contributed by atoms with Crippen molar-refractivity contribution in [3.63, 3.8) is 0 Å². The first-order valence-electron chi connectivity index (χ1n) is 8.74. The second-order valence-corrected chi connectivity index (χ2v) is 8.84. The molecule has 1 atom stereocenters. The second-order valence-electron chi connectivity index (χ2n) is 6.94. The smallest absolute Gasteiger partial charge is 0.243 e. The fraction of sp³-hybridized carbons (Fsp3) is 0.421. The predicted molar refractivity (Wildman–Crippen MR) is 96.5 cm³/mol. The highest BCUT2D eigenvalue weighted by molar-refractivity contribution is 7.89. The van der Waals surface area contributed by atoms with Gasteiger partial charge in [-0.15, -0.1) is 0 Å². The lowest BCUT2D eigenvalue weighted by atomic mass is 9.83. The number of benzene rings is 1. The van der Waals surface area contributed by atoms with Crippen molar-refractivity contribution in [2.45, 2.75) is 23.8 Å². The van der Waals surface area contributed by atoms with Crippen LogP contribution < -0.4 is 4.74 Å². The molecule has 2 saturated heterocycles. The van der Waals surface area contributed by atoms with E-state index in [1.54, 1.807) is 24.5 Å². The molecule has 26 heavy (non-hydrogen) atoms. The minimum absolute atomic E-state index is 0.172. The van der Waals surface area contributed by atoms with Crippen molar-refractivity contribution in [1.82, 2.24) is 9.29 Å². The molecule has 0 aliphatic carbocycles. The number of nitrogens with zero attached hydrogens (tertiary/aromatic N) is 2. The first-order chi connectivity index (χ1) is 12.5. The van der Waals surface area contributed by atoms with Crippen LogP contribution in [0.25, 0.3) is 0 Å². The van der Waals surface area contributed by atoms with Crippen molar-refractivity contribution in [3.8, 4) is 5.75 Å². The molecule has 7 heteroatoms. The van der Waals surface area contributed by atoms with Gasteiger partial charge in [0.15, 0.2) is 0 Å². The highest BCUT2D eigenvalue weighted by Crippen LogP contribution is 2.42. The zero-order valence-corrected chi connectivity index (χ0v) is 15.5. The molecular formula is C19H22N2O4S. The summed E-state index contributed by atoms with van der Waals surface area (Å²) in [4.78, 5) is 4.41. The average molecular weight is 374 g/mol. The number of ether oxygens (including phenoxy) is 2. The van der Waals surface area contributed by atoms with E-state index in [4.69, 9.17) is 9.47 Å². The summed E-state index contributed by atoms with van der Waals surface area (Å²) in [6.45, 7) is 3.72. The van der Waals surface area contributed by atoms with Gasteiger partial charge < -0.3 is 9.47 Å². The van der Waals surface area contributed by atoms with Crippen LogP contribution in [0.1, 0.15) is 12.0 Å². The van der Waals surface area contributed by atoms with Gasteiger partial charge in [0.25, 0.3) is 0 Å². The maximum atomic E-state index is 12.9. The second kappa shape index (κ2) is 6.64. The van der Waals surface area contributed by atoms with Crippen molar-refractivity contribution in [1.29, 1.82) is 0 Å². The summed E-state index contributed by atoms with van der Waals surface area (Å²) < 4.78 is 39.1. The fourth-order valence-electron chi connectivity index (χ4n) is 3.70.